The minimum Gasteiger partial charge on any atom is -0.299 e. The van der Waals surface area contributed by atoms with E-state index in [0.717, 1.165) is 38.5 Å². The van der Waals surface area contributed by atoms with Gasteiger partial charge in [-0.3, -0.25) is 14.4 Å². The summed E-state index contributed by atoms with van der Waals surface area (Å²) in [7, 11) is 0. The van der Waals surface area contributed by atoms with Gasteiger partial charge in [0.05, 0.1) is 0 Å². The number of Topliss-reactive ketones (excluding diaryl/α,β-unsaturated/α-hetero) is 2. The van der Waals surface area contributed by atoms with Crippen LogP contribution in [0, 0.1) is 5.92 Å². The van der Waals surface area contributed by atoms with Crippen LogP contribution in [0.15, 0.2) is 0 Å². The van der Waals surface area contributed by atoms with Gasteiger partial charge in [-0.25, -0.2) is 5.90 Å². The quantitative estimate of drug-likeness (QED) is 0.431. The first-order valence-corrected chi connectivity index (χ1v) is 6.97. The average Bonchev–Trinajstić information content (AvgIpc) is 2.36. The molecule has 0 bridgehead atoms. The van der Waals surface area contributed by atoms with Crippen LogP contribution in [0.5, 0.6) is 0 Å². The predicted molar refractivity (Wildman–Crippen MR) is 71.9 cm³/mol. The summed E-state index contributed by atoms with van der Waals surface area (Å²) >= 11 is 0. The number of rotatable bonds is 12. The van der Waals surface area contributed by atoms with Gasteiger partial charge in [0.25, 0.3) is 0 Å². The largest absolute Gasteiger partial charge is 0.299 e. The van der Waals surface area contributed by atoms with Gasteiger partial charge in [0, 0.05) is 18.8 Å². The summed E-state index contributed by atoms with van der Waals surface area (Å²) in [6.07, 6.45) is 7.24. The molecule has 4 heteroatoms. The molecule has 0 rings (SSSR count). The van der Waals surface area contributed by atoms with Crippen LogP contribution >= 0.6 is 0 Å². The third-order valence-electron chi connectivity index (χ3n) is 3.29. The van der Waals surface area contributed by atoms with Crippen LogP contribution in [-0.2, 0) is 14.4 Å². The molecule has 0 aliphatic heterocycles. The van der Waals surface area contributed by atoms with Crippen LogP contribution in [0.4, 0.5) is 0 Å². The Balaban J connectivity index is 3.31. The van der Waals surface area contributed by atoms with Crippen molar-refractivity contribution >= 4 is 11.6 Å². The summed E-state index contributed by atoms with van der Waals surface area (Å²) < 4.78 is 0. The van der Waals surface area contributed by atoms with Gasteiger partial charge in [0.1, 0.15) is 12.4 Å². The second kappa shape index (κ2) is 11.4. The van der Waals surface area contributed by atoms with Crippen LogP contribution in [0.2, 0.25) is 0 Å². The summed E-state index contributed by atoms with van der Waals surface area (Å²) in [5.74, 6) is 5.46. The molecule has 0 aliphatic carbocycles. The topological polar surface area (TPSA) is 69.4 Å². The van der Waals surface area contributed by atoms with Crippen molar-refractivity contribution in [3.8, 4) is 0 Å². The van der Waals surface area contributed by atoms with E-state index in [2.05, 4.69) is 4.84 Å². The second-order valence-electron chi connectivity index (χ2n) is 4.89. The SMILES string of the molecule is CCC(C)C(=O)CCCCCCCC(=O)CON. The van der Waals surface area contributed by atoms with E-state index in [1.165, 1.54) is 0 Å². The van der Waals surface area contributed by atoms with Crippen molar-refractivity contribution in [2.45, 2.75) is 65.2 Å². The van der Waals surface area contributed by atoms with Crippen molar-refractivity contribution < 1.29 is 14.4 Å². The summed E-state index contributed by atoms with van der Waals surface area (Å²) in [4.78, 5) is 26.9. The van der Waals surface area contributed by atoms with E-state index in [0.29, 0.717) is 18.6 Å². The molecule has 0 heterocycles. The number of carbonyl (C=O) groups is 2. The number of hydrogen-bond acceptors (Lipinski definition) is 4. The van der Waals surface area contributed by atoms with Crippen molar-refractivity contribution in [2.24, 2.45) is 11.8 Å². The van der Waals surface area contributed by atoms with E-state index in [1.54, 1.807) is 0 Å². The third-order valence-corrected chi connectivity index (χ3v) is 3.29. The molecular formula is C14H27NO3. The Morgan fingerprint density at radius 3 is 2.17 bits per heavy atom. The average molecular weight is 257 g/mol. The van der Waals surface area contributed by atoms with Gasteiger partial charge in [-0.05, 0) is 19.3 Å². The Labute approximate surface area is 110 Å². The minimum atomic E-state index is 0.0173. The molecule has 2 N–H and O–H groups in total. The highest BCUT2D eigenvalue weighted by Gasteiger charge is 2.09. The van der Waals surface area contributed by atoms with Gasteiger partial charge in [0.15, 0.2) is 5.78 Å². The van der Waals surface area contributed by atoms with E-state index in [4.69, 9.17) is 5.90 Å². The molecule has 0 radical (unpaired) electrons. The molecule has 0 spiro atoms. The van der Waals surface area contributed by atoms with E-state index in [1.807, 2.05) is 13.8 Å². The number of unbranched alkanes of at least 4 members (excludes halogenated alkanes) is 4. The molecular weight excluding hydrogens is 230 g/mol. The lowest BCUT2D eigenvalue weighted by Crippen LogP contribution is -2.11. The minimum absolute atomic E-state index is 0.0173. The number of nitrogens with two attached hydrogens (primary N) is 1. The highest BCUT2D eigenvalue weighted by Crippen LogP contribution is 2.11. The van der Waals surface area contributed by atoms with Gasteiger partial charge in [0.2, 0.25) is 0 Å². The van der Waals surface area contributed by atoms with Crippen LogP contribution in [0.1, 0.15) is 65.2 Å². The second-order valence-corrected chi connectivity index (χ2v) is 4.89. The molecule has 1 unspecified atom stereocenters. The Bertz CT molecular complexity index is 241. The molecule has 0 aromatic rings. The summed E-state index contributed by atoms with van der Waals surface area (Å²) in [5.41, 5.74) is 0. The van der Waals surface area contributed by atoms with Crippen molar-refractivity contribution in [1.82, 2.24) is 0 Å². The summed E-state index contributed by atoms with van der Waals surface area (Å²) in [5, 5.41) is 0. The molecule has 0 aliphatic rings. The van der Waals surface area contributed by atoms with Crippen LogP contribution in [0.3, 0.4) is 0 Å². The molecule has 106 valence electrons. The molecule has 0 fully saturated rings. The molecule has 0 saturated heterocycles. The van der Waals surface area contributed by atoms with Crippen LogP contribution in [-0.4, -0.2) is 18.2 Å². The molecule has 0 saturated carbocycles. The fourth-order valence-electron chi connectivity index (χ4n) is 1.79. The maximum Gasteiger partial charge on any atom is 0.160 e. The fourth-order valence-corrected chi connectivity index (χ4v) is 1.79. The lowest BCUT2D eigenvalue weighted by Gasteiger charge is -2.06. The van der Waals surface area contributed by atoms with Gasteiger partial charge >= 0.3 is 0 Å². The number of ketones is 2. The summed E-state index contributed by atoms with van der Waals surface area (Å²) in [6, 6.07) is 0. The Morgan fingerprint density at radius 1 is 1.06 bits per heavy atom. The molecule has 18 heavy (non-hydrogen) atoms. The first-order valence-electron chi connectivity index (χ1n) is 6.97. The third kappa shape index (κ3) is 9.31. The van der Waals surface area contributed by atoms with Gasteiger partial charge in [-0.15, -0.1) is 0 Å². The van der Waals surface area contributed by atoms with Crippen molar-refractivity contribution in [3.63, 3.8) is 0 Å². The molecule has 4 nitrogen and oxygen atoms in total. The van der Waals surface area contributed by atoms with Gasteiger partial charge < -0.3 is 0 Å². The zero-order valence-corrected chi connectivity index (χ0v) is 11.7. The highest BCUT2D eigenvalue weighted by molar-refractivity contribution is 5.80. The summed E-state index contributed by atoms with van der Waals surface area (Å²) in [6.45, 7) is 4.06. The molecule has 0 aromatic carbocycles. The first-order chi connectivity index (χ1) is 8.61. The van der Waals surface area contributed by atoms with E-state index < -0.39 is 0 Å². The van der Waals surface area contributed by atoms with Crippen molar-refractivity contribution in [2.75, 3.05) is 6.61 Å². The number of hydrogen-bond donors (Lipinski definition) is 1. The zero-order valence-electron chi connectivity index (χ0n) is 11.7. The van der Waals surface area contributed by atoms with Crippen molar-refractivity contribution in [3.05, 3.63) is 0 Å². The maximum absolute atomic E-state index is 11.6. The smallest absolute Gasteiger partial charge is 0.160 e. The van der Waals surface area contributed by atoms with Crippen LogP contribution in [0.25, 0.3) is 0 Å². The predicted octanol–water partition coefficient (Wildman–Crippen LogP) is 2.79. The van der Waals surface area contributed by atoms with Gasteiger partial charge in [-0.1, -0.05) is 33.1 Å². The van der Waals surface area contributed by atoms with E-state index in [9.17, 15) is 9.59 Å². The van der Waals surface area contributed by atoms with Crippen LogP contribution < -0.4 is 5.90 Å². The normalized spacial score (nSPS) is 12.4. The monoisotopic (exact) mass is 257 g/mol. The zero-order chi connectivity index (χ0) is 13.8. The van der Waals surface area contributed by atoms with Gasteiger partial charge in [-0.2, -0.15) is 0 Å². The lowest BCUT2D eigenvalue weighted by atomic mass is 9.98. The molecule has 0 amide bonds. The van der Waals surface area contributed by atoms with E-state index in [-0.39, 0.29) is 18.3 Å². The maximum atomic E-state index is 11.6. The fraction of sp³-hybridized carbons (Fsp3) is 0.857. The van der Waals surface area contributed by atoms with E-state index >= 15 is 0 Å². The lowest BCUT2D eigenvalue weighted by molar-refractivity contribution is -0.124. The number of carbonyl (C=O) groups excluding carboxylic acids is 2. The highest BCUT2D eigenvalue weighted by atomic mass is 16.6. The molecule has 1 atom stereocenters. The Morgan fingerprint density at radius 2 is 1.61 bits per heavy atom. The molecule has 0 aromatic heterocycles. The first kappa shape index (κ1) is 17.3. The standard InChI is InChI=1S/C14H27NO3/c1-3-12(2)14(17)10-8-6-4-5-7-9-13(16)11-18-15/h12H,3-11,15H2,1-2H3. The Hall–Kier alpha value is -0.740. The van der Waals surface area contributed by atoms with Crippen molar-refractivity contribution in [1.29, 1.82) is 0 Å². The Kier molecular flexibility index (Phi) is 10.9.